The fourth-order valence-corrected chi connectivity index (χ4v) is 3.28. The molecule has 2 bridgehead atoms. The van der Waals surface area contributed by atoms with E-state index in [4.69, 9.17) is 4.74 Å². The van der Waals surface area contributed by atoms with Gasteiger partial charge in [-0.3, -0.25) is 9.71 Å². The van der Waals surface area contributed by atoms with Crippen molar-refractivity contribution in [2.75, 3.05) is 13.3 Å². The van der Waals surface area contributed by atoms with Gasteiger partial charge in [0, 0.05) is 30.3 Å². The van der Waals surface area contributed by atoms with Crippen molar-refractivity contribution in [2.45, 2.75) is 72.4 Å². The van der Waals surface area contributed by atoms with Crippen LogP contribution in [-0.4, -0.2) is 48.1 Å². The minimum Gasteiger partial charge on any atom is -0.378 e. The maximum absolute atomic E-state index is 13.2. The molecule has 0 radical (unpaired) electrons. The van der Waals surface area contributed by atoms with Gasteiger partial charge in [-0.2, -0.15) is 5.10 Å². The first-order chi connectivity index (χ1) is 13.3. The lowest BCUT2D eigenvalue weighted by Gasteiger charge is -2.42. The zero-order valence-electron chi connectivity index (χ0n) is 17.9. The van der Waals surface area contributed by atoms with Crippen molar-refractivity contribution in [2.24, 2.45) is 22.4 Å². The lowest BCUT2D eigenvalue weighted by atomic mass is 9.70. The van der Waals surface area contributed by atoms with Crippen LogP contribution in [0, 0.1) is 17.3 Å². The van der Waals surface area contributed by atoms with Gasteiger partial charge in [-0.05, 0) is 43.3 Å². The third kappa shape index (κ3) is 6.56. The molecule has 3 unspecified atom stereocenters. The number of alkyl halides is 1. The van der Waals surface area contributed by atoms with Gasteiger partial charge in [0.05, 0.1) is 13.3 Å². The molecule has 6 heteroatoms. The summed E-state index contributed by atoms with van der Waals surface area (Å²) in [5.41, 5.74) is 3.95. The Hall–Kier alpha value is -1.46. The summed E-state index contributed by atoms with van der Waals surface area (Å²) in [6.45, 7) is 9.73. The van der Waals surface area contributed by atoms with Gasteiger partial charge >= 0.3 is 0 Å². The fraction of sp³-hybridized carbons (Fsp3) is 0.727. The quantitative estimate of drug-likeness (QED) is 0.228. The summed E-state index contributed by atoms with van der Waals surface area (Å²) in [6, 6.07) is 0.204. The van der Waals surface area contributed by atoms with E-state index in [1.165, 1.54) is 5.57 Å². The summed E-state index contributed by atoms with van der Waals surface area (Å²) in [7, 11) is 0. The number of nitrogens with one attached hydrogen (secondary N) is 1. The van der Waals surface area contributed by atoms with E-state index in [0.29, 0.717) is 24.9 Å². The molecule has 3 aliphatic rings. The van der Waals surface area contributed by atoms with Crippen LogP contribution in [0.5, 0.6) is 0 Å². The van der Waals surface area contributed by atoms with Crippen LogP contribution < -0.4 is 5.32 Å². The predicted octanol–water partition coefficient (Wildman–Crippen LogP) is 3.97. The standard InChI is InChI=1S/C22H36FN3O2/c1-6-24-26(11-10-22(4,5)15-23)20(28-14-16(2)3)13-19(27)25-21-17-8-7-9-18(21)12-17/h6-7,10-11,16-17,19-21,25,27H,8,12-15H2,1-5H3/b11-10+,24-6-/t17?,19?,20?,21-/m1/s1. The predicted molar refractivity (Wildman–Crippen MR) is 111 cm³/mol. The summed E-state index contributed by atoms with van der Waals surface area (Å²) in [4.78, 5) is 0. The van der Waals surface area contributed by atoms with Crippen LogP contribution in [0.2, 0.25) is 0 Å². The van der Waals surface area contributed by atoms with E-state index < -0.39 is 24.5 Å². The number of rotatable bonds is 12. The number of allylic oxidation sites excluding steroid dienone is 1. The second-order valence-corrected chi connectivity index (χ2v) is 8.84. The summed E-state index contributed by atoms with van der Waals surface area (Å²) in [5, 5.41) is 20.0. The molecular formula is C22H36FN3O2. The van der Waals surface area contributed by atoms with E-state index in [-0.39, 0.29) is 6.04 Å². The van der Waals surface area contributed by atoms with Crippen LogP contribution in [0.1, 0.15) is 53.9 Å². The first-order valence-electron chi connectivity index (χ1n) is 10.3. The Bertz CT molecular complexity index is 621. The van der Waals surface area contributed by atoms with Crippen LogP contribution in [-0.2, 0) is 4.74 Å². The number of nitrogens with zero attached hydrogens (tertiary/aromatic N) is 2. The maximum atomic E-state index is 13.2. The summed E-state index contributed by atoms with van der Waals surface area (Å²) < 4.78 is 19.2. The lowest BCUT2D eigenvalue weighted by molar-refractivity contribution is -0.0782. The molecule has 0 saturated heterocycles. The highest BCUT2D eigenvalue weighted by atomic mass is 19.1. The zero-order chi connectivity index (χ0) is 20.7. The number of fused-ring (bicyclic) bond motifs is 1. The Labute approximate surface area is 169 Å². The highest BCUT2D eigenvalue weighted by Crippen LogP contribution is 2.38. The highest BCUT2D eigenvalue weighted by Gasteiger charge is 2.38. The zero-order valence-corrected chi connectivity index (χ0v) is 17.9. The number of halogens is 1. The molecule has 0 spiro atoms. The normalized spacial score (nSPS) is 23.9. The Morgan fingerprint density at radius 2 is 2.25 bits per heavy atom. The third-order valence-corrected chi connectivity index (χ3v) is 5.02. The van der Waals surface area contributed by atoms with E-state index in [1.54, 1.807) is 23.5 Å². The Morgan fingerprint density at radius 3 is 2.79 bits per heavy atom. The molecule has 2 N–H and O–H groups in total. The average Bonchev–Trinajstić information content (AvgIpc) is 2.67. The number of ether oxygens (including phenoxy) is 1. The van der Waals surface area contributed by atoms with Gasteiger partial charge in [0.1, 0.15) is 6.23 Å². The molecule has 158 valence electrons. The van der Waals surface area contributed by atoms with Crippen molar-refractivity contribution in [3.8, 4) is 0 Å². The Balaban J connectivity index is 2.06. The summed E-state index contributed by atoms with van der Waals surface area (Å²) >= 11 is 0. The maximum Gasteiger partial charge on any atom is 0.153 e. The third-order valence-electron chi connectivity index (χ3n) is 5.02. The average molecular weight is 394 g/mol. The molecule has 1 fully saturated rings. The van der Waals surface area contributed by atoms with E-state index in [0.717, 1.165) is 12.8 Å². The van der Waals surface area contributed by atoms with Gasteiger partial charge in [0.25, 0.3) is 0 Å². The summed E-state index contributed by atoms with van der Waals surface area (Å²) in [5.74, 6) is 0.906. The van der Waals surface area contributed by atoms with Crippen molar-refractivity contribution in [3.05, 3.63) is 29.7 Å². The van der Waals surface area contributed by atoms with Gasteiger partial charge in [-0.25, -0.2) is 5.01 Å². The molecule has 0 aromatic heterocycles. The van der Waals surface area contributed by atoms with Gasteiger partial charge in [0.2, 0.25) is 0 Å². The molecule has 5 nitrogen and oxygen atoms in total. The molecule has 0 aromatic carbocycles. The van der Waals surface area contributed by atoms with E-state index in [1.807, 2.05) is 20.8 Å². The van der Waals surface area contributed by atoms with Crippen molar-refractivity contribution < 1.29 is 14.2 Å². The van der Waals surface area contributed by atoms with Crippen molar-refractivity contribution in [3.63, 3.8) is 0 Å². The minimum atomic E-state index is -0.725. The molecule has 1 saturated carbocycles. The number of hydrogen-bond acceptors (Lipinski definition) is 5. The largest absolute Gasteiger partial charge is 0.378 e. The second-order valence-electron chi connectivity index (χ2n) is 8.84. The smallest absolute Gasteiger partial charge is 0.153 e. The SMILES string of the molecule is C/C=N\N(/C=C/C(C)(C)CF)C(CC(O)N[C@H]1C2=C=CCC1C2)OCC(C)C. The molecule has 0 heterocycles. The monoisotopic (exact) mass is 393 g/mol. The molecule has 0 aromatic rings. The van der Waals surface area contributed by atoms with Crippen LogP contribution in [0.4, 0.5) is 4.39 Å². The molecular weight excluding hydrogens is 357 g/mol. The van der Waals surface area contributed by atoms with Crippen molar-refractivity contribution in [1.29, 1.82) is 0 Å². The van der Waals surface area contributed by atoms with Crippen molar-refractivity contribution in [1.82, 2.24) is 10.3 Å². The number of aliphatic hydroxyl groups is 1. The lowest BCUT2D eigenvalue weighted by Crippen LogP contribution is -2.52. The number of hydrazone groups is 1. The van der Waals surface area contributed by atoms with Gasteiger partial charge in [0.15, 0.2) is 6.23 Å². The fourth-order valence-electron chi connectivity index (χ4n) is 3.28. The van der Waals surface area contributed by atoms with Gasteiger partial charge in [-0.1, -0.05) is 33.8 Å². The molecule has 0 amide bonds. The van der Waals surface area contributed by atoms with E-state index >= 15 is 0 Å². The van der Waals surface area contributed by atoms with Crippen LogP contribution in [0.25, 0.3) is 0 Å². The van der Waals surface area contributed by atoms with Crippen molar-refractivity contribution >= 4 is 6.21 Å². The Morgan fingerprint density at radius 1 is 1.50 bits per heavy atom. The topological polar surface area (TPSA) is 57.1 Å². The molecule has 4 atom stereocenters. The van der Waals surface area contributed by atoms with Gasteiger partial charge < -0.3 is 9.84 Å². The second kappa shape index (κ2) is 10.4. The van der Waals surface area contributed by atoms with E-state index in [9.17, 15) is 9.50 Å². The van der Waals surface area contributed by atoms with Crippen LogP contribution >= 0.6 is 0 Å². The first kappa shape index (κ1) is 22.8. The molecule has 0 aliphatic heterocycles. The molecule has 28 heavy (non-hydrogen) atoms. The van der Waals surface area contributed by atoms with Crippen LogP contribution in [0.15, 0.2) is 34.8 Å². The minimum absolute atomic E-state index is 0.204. The van der Waals surface area contributed by atoms with Gasteiger partial charge in [-0.15, -0.1) is 5.73 Å². The Kier molecular flexibility index (Phi) is 8.44. The summed E-state index contributed by atoms with van der Waals surface area (Å²) in [6.07, 6.45) is 8.55. The first-order valence-corrected chi connectivity index (χ1v) is 10.3. The van der Waals surface area contributed by atoms with E-state index in [2.05, 4.69) is 36.1 Å². The highest BCUT2D eigenvalue weighted by molar-refractivity contribution is 5.52. The number of hydrogen-bond donors (Lipinski definition) is 2. The number of aliphatic hydroxyl groups excluding tert-OH is 1. The molecule has 3 aliphatic carbocycles. The molecule has 3 rings (SSSR count). The van der Waals surface area contributed by atoms with Crippen LogP contribution in [0.3, 0.4) is 0 Å².